The van der Waals surface area contributed by atoms with E-state index >= 15 is 0 Å². The monoisotopic (exact) mass is 209 g/mol. The maximum Gasteiger partial charge on any atom is 0.0299 e. The van der Waals surface area contributed by atoms with Crippen molar-refractivity contribution in [3.05, 3.63) is 22.4 Å². The second-order valence-corrected chi connectivity index (χ2v) is 5.42. The van der Waals surface area contributed by atoms with Crippen LogP contribution in [0.2, 0.25) is 0 Å². The van der Waals surface area contributed by atoms with Crippen LogP contribution in [0.15, 0.2) is 17.5 Å². The van der Waals surface area contributed by atoms with Crippen LogP contribution in [0.5, 0.6) is 0 Å². The SMILES string of the molecule is CCC1(CNCc2cccs2)CCC1. The second-order valence-electron chi connectivity index (χ2n) is 4.39. The first-order chi connectivity index (χ1) is 6.85. The average molecular weight is 209 g/mol. The lowest BCUT2D eigenvalue weighted by Crippen LogP contribution is -2.39. The molecule has 1 nitrogen and oxygen atoms in total. The molecule has 0 amide bonds. The van der Waals surface area contributed by atoms with Crippen molar-refractivity contribution in [3.63, 3.8) is 0 Å². The van der Waals surface area contributed by atoms with Gasteiger partial charge in [0, 0.05) is 18.0 Å². The number of thiophene rings is 1. The lowest BCUT2D eigenvalue weighted by molar-refractivity contribution is 0.124. The van der Waals surface area contributed by atoms with Crippen LogP contribution >= 0.6 is 11.3 Å². The summed E-state index contributed by atoms with van der Waals surface area (Å²) in [4.78, 5) is 1.45. The first-order valence-electron chi connectivity index (χ1n) is 5.58. The topological polar surface area (TPSA) is 12.0 Å². The van der Waals surface area contributed by atoms with E-state index in [2.05, 4.69) is 29.8 Å². The molecular weight excluding hydrogens is 190 g/mol. The highest BCUT2D eigenvalue weighted by atomic mass is 32.1. The Labute approximate surface area is 90.5 Å². The fourth-order valence-corrected chi connectivity index (χ4v) is 2.87. The summed E-state index contributed by atoms with van der Waals surface area (Å²) in [5, 5.41) is 5.74. The summed E-state index contributed by atoms with van der Waals surface area (Å²) in [5.41, 5.74) is 0.650. The molecule has 0 aromatic carbocycles. The Kier molecular flexibility index (Phi) is 3.24. The van der Waals surface area contributed by atoms with Crippen LogP contribution in [0, 0.1) is 5.41 Å². The molecule has 1 aromatic rings. The van der Waals surface area contributed by atoms with Gasteiger partial charge in [-0.05, 0) is 36.1 Å². The van der Waals surface area contributed by atoms with Gasteiger partial charge in [0.05, 0.1) is 0 Å². The first-order valence-corrected chi connectivity index (χ1v) is 6.46. The van der Waals surface area contributed by atoms with E-state index in [-0.39, 0.29) is 0 Å². The molecule has 1 saturated carbocycles. The van der Waals surface area contributed by atoms with Crippen LogP contribution < -0.4 is 5.32 Å². The van der Waals surface area contributed by atoms with Gasteiger partial charge in [-0.1, -0.05) is 19.4 Å². The fourth-order valence-electron chi connectivity index (χ4n) is 2.20. The van der Waals surface area contributed by atoms with Gasteiger partial charge in [0.1, 0.15) is 0 Å². The molecule has 0 saturated heterocycles. The minimum atomic E-state index is 0.650. The van der Waals surface area contributed by atoms with Crippen LogP contribution in [0.4, 0.5) is 0 Å². The molecule has 0 bridgehead atoms. The van der Waals surface area contributed by atoms with Crippen molar-refractivity contribution in [1.29, 1.82) is 0 Å². The lowest BCUT2D eigenvalue weighted by Gasteiger charge is -2.41. The van der Waals surface area contributed by atoms with Crippen LogP contribution in [-0.4, -0.2) is 6.54 Å². The van der Waals surface area contributed by atoms with Gasteiger partial charge in [-0.15, -0.1) is 11.3 Å². The van der Waals surface area contributed by atoms with E-state index in [0.29, 0.717) is 5.41 Å². The minimum Gasteiger partial charge on any atom is -0.311 e. The highest BCUT2D eigenvalue weighted by molar-refractivity contribution is 7.09. The summed E-state index contributed by atoms with van der Waals surface area (Å²) in [6, 6.07) is 4.33. The van der Waals surface area contributed by atoms with Crippen molar-refractivity contribution in [2.75, 3.05) is 6.54 Å². The number of hydrogen-bond acceptors (Lipinski definition) is 2. The third-order valence-corrected chi connectivity index (χ3v) is 4.42. The maximum absolute atomic E-state index is 3.59. The molecule has 1 fully saturated rings. The molecular formula is C12H19NS. The second kappa shape index (κ2) is 4.45. The maximum atomic E-state index is 3.59. The number of rotatable bonds is 5. The molecule has 1 N–H and O–H groups in total. The summed E-state index contributed by atoms with van der Waals surface area (Å²) in [7, 11) is 0. The van der Waals surface area contributed by atoms with E-state index in [4.69, 9.17) is 0 Å². The summed E-state index contributed by atoms with van der Waals surface area (Å²) < 4.78 is 0. The molecule has 0 aliphatic heterocycles. The van der Waals surface area contributed by atoms with Crippen molar-refractivity contribution in [1.82, 2.24) is 5.32 Å². The quantitative estimate of drug-likeness (QED) is 0.783. The molecule has 0 atom stereocenters. The predicted molar refractivity (Wildman–Crippen MR) is 62.6 cm³/mol. The zero-order valence-electron chi connectivity index (χ0n) is 8.88. The van der Waals surface area contributed by atoms with Crippen molar-refractivity contribution >= 4 is 11.3 Å². The summed E-state index contributed by atoms with van der Waals surface area (Å²) in [6.07, 6.45) is 5.64. The van der Waals surface area contributed by atoms with Crippen molar-refractivity contribution in [2.24, 2.45) is 5.41 Å². The molecule has 1 aliphatic carbocycles. The normalized spacial score (nSPS) is 19.2. The van der Waals surface area contributed by atoms with Crippen LogP contribution in [0.3, 0.4) is 0 Å². The predicted octanol–water partition coefficient (Wildman–Crippen LogP) is 3.42. The highest BCUT2D eigenvalue weighted by Gasteiger charge is 2.34. The van der Waals surface area contributed by atoms with Gasteiger partial charge in [0.2, 0.25) is 0 Å². The van der Waals surface area contributed by atoms with E-state index in [1.54, 1.807) is 0 Å². The Hall–Kier alpha value is -0.340. The van der Waals surface area contributed by atoms with Gasteiger partial charge in [-0.2, -0.15) is 0 Å². The molecule has 0 unspecified atom stereocenters. The van der Waals surface area contributed by atoms with E-state index in [1.165, 1.54) is 37.1 Å². The summed E-state index contributed by atoms with van der Waals surface area (Å²) >= 11 is 1.84. The Morgan fingerprint density at radius 3 is 2.86 bits per heavy atom. The van der Waals surface area contributed by atoms with Gasteiger partial charge in [0.25, 0.3) is 0 Å². The van der Waals surface area contributed by atoms with Crippen molar-refractivity contribution < 1.29 is 0 Å². The minimum absolute atomic E-state index is 0.650. The summed E-state index contributed by atoms with van der Waals surface area (Å²) in [6.45, 7) is 4.59. The van der Waals surface area contributed by atoms with Crippen LogP contribution in [0.25, 0.3) is 0 Å². The van der Waals surface area contributed by atoms with Crippen LogP contribution in [-0.2, 0) is 6.54 Å². The highest BCUT2D eigenvalue weighted by Crippen LogP contribution is 2.43. The van der Waals surface area contributed by atoms with Crippen molar-refractivity contribution in [2.45, 2.75) is 39.2 Å². The standard InChI is InChI=1S/C12H19NS/c1-2-12(6-4-7-12)10-13-9-11-5-3-8-14-11/h3,5,8,13H,2,4,6-7,9-10H2,1H3. The third kappa shape index (κ3) is 2.18. The van der Waals surface area contributed by atoms with E-state index in [0.717, 1.165) is 6.54 Å². The van der Waals surface area contributed by atoms with E-state index in [1.807, 2.05) is 11.3 Å². The van der Waals surface area contributed by atoms with Gasteiger partial charge in [-0.3, -0.25) is 0 Å². The summed E-state index contributed by atoms with van der Waals surface area (Å²) in [5.74, 6) is 0. The molecule has 1 aliphatic rings. The number of nitrogens with one attached hydrogen (secondary N) is 1. The Morgan fingerprint density at radius 1 is 1.50 bits per heavy atom. The molecule has 14 heavy (non-hydrogen) atoms. The lowest BCUT2D eigenvalue weighted by atomic mass is 9.67. The van der Waals surface area contributed by atoms with E-state index in [9.17, 15) is 0 Å². The molecule has 78 valence electrons. The van der Waals surface area contributed by atoms with Gasteiger partial charge >= 0.3 is 0 Å². The fraction of sp³-hybridized carbons (Fsp3) is 0.667. The Morgan fingerprint density at radius 2 is 2.36 bits per heavy atom. The van der Waals surface area contributed by atoms with Gasteiger partial charge < -0.3 is 5.32 Å². The molecule has 0 radical (unpaired) electrons. The molecule has 0 spiro atoms. The third-order valence-electron chi connectivity index (χ3n) is 3.54. The first kappa shape index (κ1) is 10.2. The number of hydrogen-bond donors (Lipinski definition) is 1. The Bertz CT molecular complexity index is 256. The zero-order valence-corrected chi connectivity index (χ0v) is 9.70. The zero-order chi connectivity index (χ0) is 9.86. The van der Waals surface area contributed by atoms with Crippen LogP contribution in [0.1, 0.15) is 37.5 Å². The Balaban J connectivity index is 1.72. The average Bonchev–Trinajstić information content (AvgIpc) is 2.62. The van der Waals surface area contributed by atoms with Crippen molar-refractivity contribution in [3.8, 4) is 0 Å². The molecule has 1 aromatic heterocycles. The van der Waals surface area contributed by atoms with E-state index < -0.39 is 0 Å². The molecule has 1 heterocycles. The smallest absolute Gasteiger partial charge is 0.0299 e. The largest absolute Gasteiger partial charge is 0.311 e. The van der Waals surface area contributed by atoms with Gasteiger partial charge in [0.15, 0.2) is 0 Å². The van der Waals surface area contributed by atoms with Gasteiger partial charge in [-0.25, -0.2) is 0 Å². The molecule has 2 rings (SSSR count). The molecule has 2 heteroatoms.